The second-order valence-corrected chi connectivity index (χ2v) is 5.62. The van der Waals surface area contributed by atoms with Gasteiger partial charge in [-0.3, -0.25) is 0 Å². The van der Waals surface area contributed by atoms with E-state index < -0.39 is 0 Å². The van der Waals surface area contributed by atoms with Gasteiger partial charge in [-0.2, -0.15) is 0 Å². The predicted octanol–water partition coefficient (Wildman–Crippen LogP) is 4.46. The van der Waals surface area contributed by atoms with E-state index in [0.29, 0.717) is 17.9 Å². The van der Waals surface area contributed by atoms with Crippen LogP contribution in [0.1, 0.15) is 43.9 Å². The number of nitrogens with zero attached hydrogens (tertiary/aromatic N) is 2. The second kappa shape index (κ2) is 6.55. The zero-order valence-corrected chi connectivity index (χ0v) is 12.8. The molecule has 5 heteroatoms. The summed E-state index contributed by atoms with van der Waals surface area (Å²) >= 11 is 6.23. The molecule has 20 heavy (non-hydrogen) atoms. The first kappa shape index (κ1) is 15.3. The van der Waals surface area contributed by atoms with Crippen LogP contribution >= 0.6 is 11.6 Å². The third-order valence-electron chi connectivity index (χ3n) is 3.40. The lowest BCUT2D eigenvalue weighted by molar-refractivity contribution is 0.150. The molecule has 0 saturated heterocycles. The van der Waals surface area contributed by atoms with Crippen molar-refractivity contribution in [2.75, 3.05) is 13.7 Å². The van der Waals surface area contributed by atoms with Crippen molar-refractivity contribution in [3.8, 4) is 0 Å². The third kappa shape index (κ3) is 2.81. The average Bonchev–Trinajstić information content (AvgIpc) is 2.79. The molecule has 2 rings (SSSR count). The van der Waals surface area contributed by atoms with E-state index in [2.05, 4.69) is 11.9 Å². The number of alkyl halides is 1. The van der Waals surface area contributed by atoms with E-state index in [1.54, 1.807) is 13.2 Å². The van der Waals surface area contributed by atoms with E-state index in [-0.39, 0.29) is 17.2 Å². The van der Waals surface area contributed by atoms with Gasteiger partial charge in [0.2, 0.25) is 0 Å². The molecule has 0 radical (unpaired) electrons. The van der Waals surface area contributed by atoms with Crippen molar-refractivity contribution < 1.29 is 9.13 Å². The lowest BCUT2D eigenvalue weighted by Crippen LogP contribution is -2.17. The van der Waals surface area contributed by atoms with Crippen molar-refractivity contribution in [2.45, 2.75) is 38.1 Å². The largest absolute Gasteiger partial charge is 0.383 e. The fraction of sp³-hybridized carbons (Fsp3) is 0.533. The number of para-hydroxylation sites is 1. The smallest absolute Gasteiger partial charge is 0.151 e. The van der Waals surface area contributed by atoms with Crippen molar-refractivity contribution >= 4 is 22.6 Å². The van der Waals surface area contributed by atoms with Gasteiger partial charge in [-0.05, 0) is 25.5 Å². The summed E-state index contributed by atoms with van der Waals surface area (Å²) < 4.78 is 21.3. The Bertz CT molecular complexity index is 577. The lowest BCUT2D eigenvalue weighted by atomic mass is 10.1. The number of imidazole rings is 1. The highest BCUT2D eigenvalue weighted by molar-refractivity contribution is 6.20. The molecule has 2 aromatic rings. The van der Waals surface area contributed by atoms with Gasteiger partial charge in [0.05, 0.1) is 23.5 Å². The number of ether oxygens (including phenoxy) is 1. The van der Waals surface area contributed by atoms with Crippen LogP contribution in [0.3, 0.4) is 0 Å². The molecule has 0 spiro atoms. The summed E-state index contributed by atoms with van der Waals surface area (Å²) in [5.41, 5.74) is 1.16. The van der Waals surface area contributed by atoms with Crippen LogP contribution in [0.25, 0.3) is 11.0 Å². The van der Waals surface area contributed by atoms with Crippen LogP contribution in [0.5, 0.6) is 0 Å². The molecule has 0 fully saturated rings. The summed E-state index contributed by atoms with van der Waals surface area (Å²) in [5.74, 6) is 0.384. The highest BCUT2D eigenvalue weighted by Gasteiger charge is 2.22. The molecular formula is C15H20ClFN2O. The second-order valence-electron chi connectivity index (χ2n) is 4.96. The molecule has 0 N–H and O–H groups in total. The van der Waals surface area contributed by atoms with Crippen LogP contribution in [0.2, 0.25) is 0 Å². The van der Waals surface area contributed by atoms with Gasteiger partial charge < -0.3 is 9.30 Å². The Hall–Kier alpha value is -1.13. The van der Waals surface area contributed by atoms with Crippen LogP contribution in [-0.4, -0.2) is 23.3 Å². The minimum atomic E-state index is -0.313. The van der Waals surface area contributed by atoms with Gasteiger partial charge in [-0.1, -0.05) is 19.4 Å². The van der Waals surface area contributed by atoms with E-state index in [4.69, 9.17) is 16.3 Å². The van der Waals surface area contributed by atoms with Gasteiger partial charge in [-0.25, -0.2) is 9.37 Å². The average molecular weight is 299 g/mol. The standard InChI is InChI=1S/C15H20ClFN2O/c1-4-6-11(9-20-3)19-13-8-5-7-12(17)14(13)18-15(19)10(2)16/h5,7-8,10-11H,4,6,9H2,1-3H3. The Morgan fingerprint density at radius 3 is 2.80 bits per heavy atom. The van der Waals surface area contributed by atoms with Gasteiger partial charge in [0, 0.05) is 7.11 Å². The maximum absolute atomic E-state index is 13.9. The Labute approximate surface area is 123 Å². The van der Waals surface area contributed by atoms with E-state index in [1.807, 2.05) is 17.6 Å². The molecule has 0 saturated carbocycles. The third-order valence-corrected chi connectivity index (χ3v) is 3.60. The van der Waals surface area contributed by atoms with Crippen molar-refractivity contribution in [3.05, 3.63) is 29.8 Å². The number of hydrogen-bond acceptors (Lipinski definition) is 2. The number of benzene rings is 1. The molecule has 1 aromatic carbocycles. The van der Waals surface area contributed by atoms with Gasteiger partial charge in [0.25, 0.3) is 0 Å². The topological polar surface area (TPSA) is 27.1 Å². The molecule has 1 aromatic heterocycles. The van der Waals surface area contributed by atoms with Gasteiger partial charge >= 0.3 is 0 Å². The first-order chi connectivity index (χ1) is 9.60. The highest BCUT2D eigenvalue weighted by Crippen LogP contribution is 2.31. The van der Waals surface area contributed by atoms with Crippen LogP contribution in [0, 0.1) is 5.82 Å². The zero-order chi connectivity index (χ0) is 14.7. The Morgan fingerprint density at radius 1 is 1.45 bits per heavy atom. The van der Waals surface area contributed by atoms with E-state index in [1.165, 1.54) is 6.07 Å². The van der Waals surface area contributed by atoms with Gasteiger partial charge in [0.15, 0.2) is 5.82 Å². The fourth-order valence-electron chi connectivity index (χ4n) is 2.58. The summed E-state index contributed by atoms with van der Waals surface area (Å²) in [4.78, 5) is 4.40. The molecular weight excluding hydrogens is 279 g/mol. The maximum Gasteiger partial charge on any atom is 0.151 e. The Balaban J connectivity index is 2.63. The summed E-state index contributed by atoms with van der Waals surface area (Å²) in [5, 5.41) is -0.280. The zero-order valence-electron chi connectivity index (χ0n) is 12.1. The lowest BCUT2D eigenvalue weighted by Gasteiger charge is -2.21. The van der Waals surface area contributed by atoms with Crippen LogP contribution < -0.4 is 0 Å². The van der Waals surface area contributed by atoms with Crippen LogP contribution in [0.15, 0.2) is 18.2 Å². The van der Waals surface area contributed by atoms with Crippen molar-refractivity contribution in [1.29, 1.82) is 0 Å². The molecule has 2 unspecified atom stereocenters. The summed E-state index contributed by atoms with van der Waals surface area (Å²) in [7, 11) is 1.67. The van der Waals surface area contributed by atoms with E-state index in [0.717, 1.165) is 18.4 Å². The van der Waals surface area contributed by atoms with Gasteiger partial charge in [0.1, 0.15) is 11.3 Å². The summed E-state index contributed by atoms with van der Waals surface area (Å²) in [6, 6.07) is 5.13. The summed E-state index contributed by atoms with van der Waals surface area (Å²) in [6.45, 7) is 4.53. The monoisotopic (exact) mass is 298 g/mol. The maximum atomic E-state index is 13.9. The number of hydrogen-bond donors (Lipinski definition) is 0. The van der Waals surface area contributed by atoms with Crippen molar-refractivity contribution in [2.24, 2.45) is 0 Å². The minimum Gasteiger partial charge on any atom is -0.383 e. The minimum absolute atomic E-state index is 0.119. The van der Waals surface area contributed by atoms with Crippen molar-refractivity contribution in [3.63, 3.8) is 0 Å². The molecule has 0 amide bonds. The normalized spacial score (nSPS) is 14.7. The molecule has 0 aliphatic rings. The highest BCUT2D eigenvalue weighted by atomic mass is 35.5. The molecule has 1 heterocycles. The molecule has 2 atom stereocenters. The number of fused-ring (bicyclic) bond motifs is 1. The molecule has 110 valence electrons. The quantitative estimate of drug-likeness (QED) is 0.736. The molecule has 0 aliphatic heterocycles. The molecule has 0 aliphatic carbocycles. The first-order valence-electron chi connectivity index (χ1n) is 6.89. The van der Waals surface area contributed by atoms with Gasteiger partial charge in [-0.15, -0.1) is 11.6 Å². The number of rotatable bonds is 6. The van der Waals surface area contributed by atoms with Crippen molar-refractivity contribution in [1.82, 2.24) is 9.55 Å². The number of methoxy groups -OCH3 is 1. The van der Waals surface area contributed by atoms with E-state index >= 15 is 0 Å². The van der Waals surface area contributed by atoms with Crippen LogP contribution in [-0.2, 0) is 4.74 Å². The summed E-state index contributed by atoms with van der Waals surface area (Å²) in [6.07, 6.45) is 1.95. The molecule has 3 nitrogen and oxygen atoms in total. The predicted molar refractivity (Wildman–Crippen MR) is 79.8 cm³/mol. The first-order valence-corrected chi connectivity index (χ1v) is 7.33. The van der Waals surface area contributed by atoms with E-state index in [9.17, 15) is 4.39 Å². The Morgan fingerprint density at radius 2 is 2.20 bits per heavy atom. The van der Waals surface area contributed by atoms with Crippen LogP contribution in [0.4, 0.5) is 4.39 Å². The number of aromatic nitrogens is 2. The number of halogens is 2. The fourth-order valence-corrected chi connectivity index (χ4v) is 2.73. The SMILES string of the molecule is CCCC(COC)n1c(C(C)Cl)nc2c(F)cccc21. The molecule has 0 bridgehead atoms. The Kier molecular flexibility index (Phi) is 5.00.